The van der Waals surface area contributed by atoms with E-state index >= 15 is 0 Å². The summed E-state index contributed by atoms with van der Waals surface area (Å²) in [4.78, 5) is 30.1. The van der Waals surface area contributed by atoms with Crippen LogP contribution < -0.4 is 4.90 Å². The number of aryl methyl sites for hydroxylation is 1. The number of hydrogen-bond donors (Lipinski definition) is 0. The minimum atomic E-state index is -0.383. The maximum atomic E-state index is 12.8. The van der Waals surface area contributed by atoms with Crippen LogP contribution in [0.5, 0.6) is 0 Å². The van der Waals surface area contributed by atoms with E-state index in [1.165, 1.54) is 28.2 Å². The predicted molar refractivity (Wildman–Crippen MR) is 115 cm³/mol. The Labute approximate surface area is 174 Å². The lowest BCUT2D eigenvalue weighted by atomic mass is 9.90. The van der Waals surface area contributed by atoms with Gasteiger partial charge in [0.1, 0.15) is 4.88 Å². The third kappa shape index (κ3) is 4.13. The highest BCUT2D eigenvalue weighted by Gasteiger charge is 2.26. The van der Waals surface area contributed by atoms with Gasteiger partial charge in [-0.1, -0.05) is 26.0 Å². The molecule has 2 aromatic rings. The van der Waals surface area contributed by atoms with Crippen LogP contribution in [0.1, 0.15) is 46.8 Å². The third-order valence-corrected chi connectivity index (χ3v) is 7.86. The van der Waals surface area contributed by atoms with Crippen molar-refractivity contribution in [3.05, 3.63) is 45.6 Å². The van der Waals surface area contributed by atoms with E-state index in [0.717, 1.165) is 29.8 Å². The molecule has 1 amide bonds. The number of hydrogen-bond acceptors (Lipinski definition) is 5. The second-order valence-corrected chi connectivity index (χ2v) is 10.3. The van der Waals surface area contributed by atoms with Gasteiger partial charge < -0.3 is 9.64 Å². The molecule has 28 heavy (non-hydrogen) atoms. The normalized spacial score (nSPS) is 21.4. The van der Waals surface area contributed by atoms with Gasteiger partial charge in [-0.25, -0.2) is 4.79 Å². The van der Waals surface area contributed by atoms with Crippen molar-refractivity contribution in [3.8, 4) is 0 Å². The van der Waals surface area contributed by atoms with Crippen LogP contribution >= 0.6 is 23.1 Å². The Morgan fingerprint density at radius 3 is 2.89 bits per heavy atom. The number of amides is 1. The van der Waals surface area contributed by atoms with Crippen LogP contribution in [0, 0.1) is 5.92 Å². The van der Waals surface area contributed by atoms with Gasteiger partial charge >= 0.3 is 5.97 Å². The van der Waals surface area contributed by atoms with Crippen molar-refractivity contribution in [2.24, 2.45) is 5.92 Å². The first-order valence-corrected chi connectivity index (χ1v) is 11.6. The highest BCUT2D eigenvalue weighted by Crippen LogP contribution is 2.37. The summed E-state index contributed by atoms with van der Waals surface area (Å²) in [6, 6.07) is 9.91. The van der Waals surface area contributed by atoms with Crippen LogP contribution in [-0.4, -0.2) is 30.3 Å². The van der Waals surface area contributed by atoms with E-state index in [1.54, 1.807) is 16.7 Å². The number of esters is 1. The lowest BCUT2D eigenvalue weighted by Crippen LogP contribution is -2.35. The molecule has 2 aliphatic rings. The minimum absolute atomic E-state index is 0.162. The van der Waals surface area contributed by atoms with Gasteiger partial charge in [-0.3, -0.25) is 4.79 Å². The second kappa shape index (κ2) is 8.29. The summed E-state index contributed by atoms with van der Waals surface area (Å²) in [6.07, 6.45) is 4.15. The number of rotatable bonds is 3. The standard InChI is InChI=1S/C22H25NO3S2/c1-14-7-8-18-16(11-14)12-20(28-18)22(25)26-13-21(24)23-10-9-15(2)27-19-6-4-3-5-17(19)23/h3-6,12,14-15H,7-11,13H2,1-2H3/t14-,15+/m1/s1. The summed E-state index contributed by atoms with van der Waals surface area (Å²) in [6.45, 7) is 4.85. The van der Waals surface area contributed by atoms with Crippen LogP contribution in [0.3, 0.4) is 0 Å². The molecule has 2 heterocycles. The van der Waals surface area contributed by atoms with Gasteiger partial charge in [-0.15, -0.1) is 23.1 Å². The van der Waals surface area contributed by atoms with Crippen LogP contribution in [0.25, 0.3) is 0 Å². The van der Waals surface area contributed by atoms with Crippen LogP contribution in [-0.2, 0) is 22.4 Å². The van der Waals surface area contributed by atoms with Crippen LogP contribution in [0.4, 0.5) is 5.69 Å². The Hall–Kier alpha value is -1.79. The first kappa shape index (κ1) is 19.5. The molecule has 1 aliphatic heterocycles. The first-order valence-electron chi connectivity index (χ1n) is 9.86. The number of fused-ring (bicyclic) bond motifs is 2. The van der Waals surface area contributed by atoms with E-state index in [1.807, 2.05) is 30.3 Å². The summed E-state index contributed by atoms with van der Waals surface area (Å²) >= 11 is 3.31. The summed E-state index contributed by atoms with van der Waals surface area (Å²) in [7, 11) is 0. The van der Waals surface area contributed by atoms with Crippen LogP contribution in [0.2, 0.25) is 0 Å². The highest BCUT2D eigenvalue weighted by molar-refractivity contribution is 8.00. The second-order valence-electron chi connectivity index (χ2n) is 7.71. The monoisotopic (exact) mass is 415 g/mol. The fraction of sp³-hybridized carbons (Fsp3) is 0.455. The Kier molecular flexibility index (Phi) is 5.78. The number of carbonyl (C=O) groups excluding carboxylic acids is 2. The van der Waals surface area contributed by atoms with Crippen molar-refractivity contribution in [3.63, 3.8) is 0 Å². The van der Waals surface area contributed by atoms with Crippen molar-refractivity contribution < 1.29 is 14.3 Å². The number of para-hydroxylation sites is 1. The zero-order chi connectivity index (χ0) is 19.7. The van der Waals surface area contributed by atoms with Crippen molar-refractivity contribution >= 4 is 40.7 Å². The maximum absolute atomic E-state index is 12.8. The molecule has 0 fully saturated rings. The van der Waals surface area contributed by atoms with Gasteiger partial charge in [-0.05, 0) is 55.4 Å². The molecule has 1 aromatic heterocycles. The highest BCUT2D eigenvalue weighted by atomic mass is 32.2. The fourth-order valence-corrected chi connectivity index (χ4v) is 6.04. The minimum Gasteiger partial charge on any atom is -0.451 e. The molecule has 0 unspecified atom stereocenters. The van der Waals surface area contributed by atoms with E-state index in [2.05, 4.69) is 13.8 Å². The Balaban J connectivity index is 1.42. The summed E-state index contributed by atoms with van der Waals surface area (Å²) in [5.41, 5.74) is 2.19. The lowest BCUT2D eigenvalue weighted by molar-refractivity contribution is -0.121. The van der Waals surface area contributed by atoms with E-state index < -0.39 is 0 Å². The molecule has 0 N–H and O–H groups in total. The Morgan fingerprint density at radius 2 is 2.04 bits per heavy atom. The molecule has 0 saturated heterocycles. The maximum Gasteiger partial charge on any atom is 0.348 e. The number of nitrogens with zero attached hydrogens (tertiary/aromatic N) is 1. The molecule has 2 atom stereocenters. The van der Waals surface area contributed by atoms with Gasteiger partial charge in [0.05, 0.1) is 5.69 Å². The van der Waals surface area contributed by atoms with Gasteiger partial charge in [0, 0.05) is 21.6 Å². The zero-order valence-electron chi connectivity index (χ0n) is 16.3. The van der Waals surface area contributed by atoms with Gasteiger partial charge in [0.2, 0.25) is 0 Å². The SMILES string of the molecule is C[C@@H]1CCc2sc(C(=O)OCC(=O)N3CC[C@H](C)Sc4ccccc43)cc2C1. The average molecular weight is 416 g/mol. The summed E-state index contributed by atoms with van der Waals surface area (Å²) in [5.74, 6) is 0.118. The quantitative estimate of drug-likeness (QED) is 0.666. The molecule has 1 aromatic carbocycles. The number of anilines is 1. The lowest BCUT2D eigenvalue weighted by Gasteiger charge is -2.22. The molecule has 0 radical (unpaired) electrons. The number of benzene rings is 1. The summed E-state index contributed by atoms with van der Waals surface area (Å²) in [5, 5.41) is 0.446. The molecule has 1 aliphatic carbocycles. The Morgan fingerprint density at radius 1 is 1.21 bits per heavy atom. The third-order valence-electron chi connectivity index (χ3n) is 5.40. The first-order chi connectivity index (χ1) is 13.5. The summed E-state index contributed by atoms with van der Waals surface area (Å²) < 4.78 is 5.40. The molecule has 148 valence electrons. The molecule has 6 heteroatoms. The van der Waals surface area contributed by atoms with Crippen molar-refractivity contribution in [1.82, 2.24) is 0 Å². The van der Waals surface area contributed by atoms with E-state index in [9.17, 15) is 9.59 Å². The van der Waals surface area contributed by atoms with Crippen LogP contribution in [0.15, 0.2) is 35.2 Å². The molecule has 0 spiro atoms. The number of ether oxygens (including phenoxy) is 1. The number of thiophene rings is 1. The topological polar surface area (TPSA) is 46.6 Å². The smallest absolute Gasteiger partial charge is 0.348 e. The zero-order valence-corrected chi connectivity index (χ0v) is 17.9. The van der Waals surface area contributed by atoms with E-state index in [4.69, 9.17) is 4.74 Å². The Bertz CT molecular complexity index is 892. The fourth-order valence-electron chi connectivity index (χ4n) is 3.83. The van der Waals surface area contributed by atoms with Crippen molar-refractivity contribution in [2.75, 3.05) is 18.1 Å². The largest absolute Gasteiger partial charge is 0.451 e. The number of thioether (sulfide) groups is 1. The molecular formula is C22H25NO3S2. The van der Waals surface area contributed by atoms with Crippen molar-refractivity contribution in [1.29, 1.82) is 0 Å². The average Bonchev–Trinajstić information content (AvgIpc) is 3.02. The van der Waals surface area contributed by atoms with Gasteiger partial charge in [-0.2, -0.15) is 0 Å². The van der Waals surface area contributed by atoms with E-state index in [0.29, 0.717) is 22.6 Å². The van der Waals surface area contributed by atoms with E-state index in [-0.39, 0.29) is 18.5 Å². The number of carbonyl (C=O) groups is 2. The molecule has 0 saturated carbocycles. The molecule has 4 nitrogen and oxygen atoms in total. The predicted octanol–water partition coefficient (Wildman–Crippen LogP) is 4.95. The molecular weight excluding hydrogens is 390 g/mol. The van der Waals surface area contributed by atoms with Crippen molar-refractivity contribution in [2.45, 2.75) is 49.7 Å². The molecule has 4 rings (SSSR count). The van der Waals surface area contributed by atoms with Gasteiger partial charge in [0.15, 0.2) is 6.61 Å². The molecule has 0 bridgehead atoms. The van der Waals surface area contributed by atoms with Gasteiger partial charge in [0.25, 0.3) is 5.91 Å².